The molecule has 0 atom stereocenters. The van der Waals surface area contributed by atoms with Crippen LogP contribution in [0.25, 0.3) is 0 Å². The predicted molar refractivity (Wildman–Crippen MR) is 105 cm³/mol. The minimum atomic E-state index is -0.461. The van der Waals surface area contributed by atoms with E-state index in [2.05, 4.69) is 10.2 Å². The first-order valence-electron chi connectivity index (χ1n) is 8.62. The van der Waals surface area contributed by atoms with Gasteiger partial charge in [0.2, 0.25) is 0 Å². The Labute approximate surface area is 163 Å². The van der Waals surface area contributed by atoms with Crippen molar-refractivity contribution < 1.29 is 19.1 Å². The number of ether oxygens (including phenoxy) is 2. The molecule has 1 fully saturated rings. The molecule has 0 aliphatic carbocycles. The van der Waals surface area contributed by atoms with Gasteiger partial charge < -0.3 is 19.7 Å². The fraction of sp³-hybridized carbons (Fsp3) is 0.300. The Morgan fingerprint density at radius 1 is 1.11 bits per heavy atom. The van der Waals surface area contributed by atoms with Gasteiger partial charge in [0.1, 0.15) is 0 Å². The number of aryl methyl sites for hydroxylation is 1. The van der Waals surface area contributed by atoms with E-state index in [-0.39, 0.29) is 5.91 Å². The van der Waals surface area contributed by atoms with Crippen molar-refractivity contribution in [2.24, 2.45) is 0 Å². The fourth-order valence-electron chi connectivity index (χ4n) is 2.89. The lowest BCUT2D eigenvalue weighted by atomic mass is 10.1. The SMILES string of the molecule is COC(=O)c1ccc(N2CCOCC2)c(NC(=O)c2ccc(C)c(Cl)c2)c1. The summed E-state index contributed by atoms with van der Waals surface area (Å²) in [5.74, 6) is -0.758. The van der Waals surface area contributed by atoms with Gasteiger partial charge in [0.15, 0.2) is 0 Å². The maximum Gasteiger partial charge on any atom is 0.337 e. The van der Waals surface area contributed by atoms with Crippen molar-refractivity contribution in [3.05, 3.63) is 58.1 Å². The average molecular weight is 389 g/mol. The second-order valence-electron chi connectivity index (χ2n) is 6.24. The van der Waals surface area contributed by atoms with Crippen molar-refractivity contribution in [2.75, 3.05) is 43.6 Å². The second kappa shape index (κ2) is 8.41. The highest BCUT2D eigenvalue weighted by atomic mass is 35.5. The number of hydrogen-bond acceptors (Lipinski definition) is 5. The molecule has 0 aromatic heterocycles. The van der Waals surface area contributed by atoms with Gasteiger partial charge in [-0.2, -0.15) is 0 Å². The molecule has 3 rings (SSSR count). The number of nitrogens with one attached hydrogen (secondary N) is 1. The van der Waals surface area contributed by atoms with E-state index in [0.717, 1.165) is 11.3 Å². The molecule has 6 nitrogen and oxygen atoms in total. The molecule has 0 spiro atoms. The molecule has 2 aromatic carbocycles. The third kappa shape index (κ3) is 4.40. The highest BCUT2D eigenvalue weighted by molar-refractivity contribution is 6.31. The van der Waals surface area contributed by atoms with E-state index in [1.54, 1.807) is 30.3 Å². The van der Waals surface area contributed by atoms with Crippen LogP contribution in [0.3, 0.4) is 0 Å². The summed E-state index contributed by atoms with van der Waals surface area (Å²) in [5.41, 5.74) is 3.09. The molecule has 0 bridgehead atoms. The van der Waals surface area contributed by atoms with Crippen LogP contribution < -0.4 is 10.2 Å². The normalized spacial score (nSPS) is 14.0. The van der Waals surface area contributed by atoms with Crippen LogP contribution in [0.1, 0.15) is 26.3 Å². The molecular formula is C20H21ClN2O4. The Bertz CT molecular complexity index is 863. The second-order valence-corrected chi connectivity index (χ2v) is 6.65. The number of anilines is 2. The third-order valence-electron chi connectivity index (χ3n) is 4.45. The number of benzene rings is 2. The molecule has 2 aromatic rings. The number of morpholine rings is 1. The van der Waals surface area contributed by atoms with Gasteiger partial charge in [0, 0.05) is 23.7 Å². The lowest BCUT2D eigenvalue weighted by Gasteiger charge is -2.30. The number of carbonyl (C=O) groups excluding carboxylic acids is 2. The van der Waals surface area contributed by atoms with Crippen molar-refractivity contribution in [3.63, 3.8) is 0 Å². The molecule has 1 aliphatic rings. The van der Waals surface area contributed by atoms with Crippen LogP contribution in [0.5, 0.6) is 0 Å². The Kier molecular flexibility index (Phi) is 5.98. The van der Waals surface area contributed by atoms with Gasteiger partial charge in [-0.1, -0.05) is 17.7 Å². The van der Waals surface area contributed by atoms with Crippen molar-refractivity contribution >= 4 is 34.9 Å². The maximum atomic E-state index is 12.7. The zero-order chi connectivity index (χ0) is 19.4. The molecule has 1 heterocycles. The molecule has 1 N–H and O–H groups in total. The smallest absolute Gasteiger partial charge is 0.337 e. The molecule has 1 amide bonds. The molecular weight excluding hydrogens is 368 g/mol. The third-order valence-corrected chi connectivity index (χ3v) is 4.86. The van der Waals surface area contributed by atoms with Crippen molar-refractivity contribution in [1.82, 2.24) is 0 Å². The summed E-state index contributed by atoms with van der Waals surface area (Å²) in [5, 5.41) is 3.43. The minimum Gasteiger partial charge on any atom is -0.465 e. The summed E-state index contributed by atoms with van der Waals surface area (Å²) in [7, 11) is 1.32. The van der Waals surface area contributed by atoms with Crippen LogP contribution >= 0.6 is 11.6 Å². The molecule has 0 saturated carbocycles. The van der Waals surface area contributed by atoms with Gasteiger partial charge in [0.25, 0.3) is 5.91 Å². The van der Waals surface area contributed by atoms with Gasteiger partial charge in [0.05, 0.1) is 37.3 Å². The quantitative estimate of drug-likeness (QED) is 0.811. The Balaban J connectivity index is 1.93. The molecule has 0 radical (unpaired) electrons. The number of esters is 1. The first-order chi connectivity index (χ1) is 13.0. The van der Waals surface area contributed by atoms with Crippen LogP contribution in [-0.4, -0.2) is 45.3 Å². The Morgan fingerprint density at radius 2 is 1.81 bits per heavy atom. The van der Waals surface area contributed by atoms with E-state index < -0.39 is 5.97 Å². The fourth-order valence-corrected chi connectivity index (χ4v) is 3.07. The molecule has 1 saturated heterocycles. The number of methoxy groups -OCH3 is 1. The van der Waals surface area contributed by atoms with Crippen molar-refractivity contribution in [1.29, 1.82) is 0 Å². The Morgan fingerprint density at radius 3 is 2.48 bits per heavy atom. The van der Waals surface area contributed by atoms with Crippen LogP contribution in [0.15, 0.2) is 36.4 Å². The molecule has 142 valence electrons. The monoisotopic (exact) mass is 388 g/mol. The average Bonchev–Trinajstić information content (AvgIpc) is 2.70. The van der Waals surface area contributed by atoms with Crippen molar-refractivity contribution in [3.8, 4) is 0 Å². The number of amides is 1. The lowest BCUT2D eigenvalue weighted by Crippen LogP contribution is -2.36. The van der Waals surface area contributed by atoms with Gasteiger partial charge in [-0.15, -0.1) is 0 Å². The summed E-state index contributed by atoms with van der Waals surface area (Å²) in [6.07, 6.45) is 0. The predicted octanol–water partition coefficient (Wildman–Crippen LogP) is 3.52. The lowest BCUT2D eigenvalue weighted by molar-refractivity contribution is 0.0600. The summed E-state index contributed by atoms with van der Waals surface area (Å²) in [6, 6.07) is 10.3. The number of rotatable bonds is 4. The van der Waals surface area contributed by atoms with Crippen molar-refractivity contribution in [2.45, 2.75) is 6.92 Å². The van der Waals surface area contributed by atoms with Crippen LogP contribution in [-0.2, 0) is 9.47 Å². The number of halogens is 1. The minimum absolute atomic E-state index is 0.298. The molecule has 1 aliphatic heterocycles. The highest BCUT2D eigenvalue weighted by Gasteiger charge is 2.19. The molecule has 0 unspecified atom stereocenters. The van der Waals surface area contributed by atoms with Gasteiger partial charge in [-0.3, -0.25) is 4.79 Å². The van der Waals surface area contributed by atoms with E-state index in [1.807, 2.05) is 13.0 Å². The van der Waals surface area contributed by atoms with Crippen LogP contribution in [0.2, 0.25) is 5.02 Å². The standard InChI is InChI=1S/C20H21ClN2O4/c1-13-3-4-14(11-16(13)21)19(24)22-17-12-15(20(25)26-2)5-6-18(17)23-7-9-27-10-8-23/h3-6,11-12H,7-10H2,1-2H3,(H,22,24). The number of nitrogens with zero attached hydrogens (tertiary/aromatic N) is 1. The highest BCUT2D eigenvalue weighted by Crippen LogP contribution is 2.29. The van der Waals surface area contributed by atoms with Crippen LogP contribution in [0, 0.1) is 6.92 Å². The molecule has 27 heavy (non-hydrogen) atoms. The van der Waals surface area contributed by atoms with E-state index in [1.165, 1.54) is 7.11 Å². The maximum absolute atomic E-state index is 12.7. The summed E-state index contributed by atoms with van der Waals surface area (Å²) in [6.45, 7) is 4.51. The largest absolute Gasteiger partial charge is 0.465 e. The number of carbonyl (C=O) groups is 2. The first-order valence-corrected chi connectivity index (χ1v) is 9.00. The zero-order valence-electron chi connectivity index (χ0n) is 15.3. The first kappa shape index (κ1) is 19.2. The number of hydrogen-bond donors (Lipinski definition) is 1. The summed E-state index contributed by atoms with van der Waals surface area (Å²) < 4.78 is 10.2. The van der Waals surface area contributed by atoms with Crippen LogP contribution in [0.4, 0.5) is 11.4 Å². The summed E-state index contributed by atoms with van der Waals surface area (Å²) >= 11 is 6.14. The van der Waals surface area contributed by atoms with Gasteiger partial charge in [-0.05, 0) is 42.8 Å². The topological polar surface area (TPSA) is 67.9 Å². The van der Waals surface area contributed by atoms with E-state index in [0.29, 0.717) is 48.1 Å². The summed E-state index contributed by atoms with van der Waals surface area (Å²) in [4.78, 5) is 26.8. The molecule has 7 heteroatoms. The van der Waals surface area contributed by atoms with Gasteiger partial charge >= 0.3 is 5.97 Å². The van der Waals surface area contributed by atoms with E-state index in [9.17, 15) is 9.59 Å². The zero-order valence-corrected chi connectivity index (χ0v) is 16.0. The Hall–Kier alpha value is -2.57. The van der Waals surface area contributed by atoms with E-state index >= 15 is 0 Å². The van der Waals surface area contributed by atoms with Gasteiger partial charge in [-0.25, -0.2) is 4.79 Å². The van der Waals surface area contributed by atoms with E-state index in [4.69, 9.17) is 21.1 Å².